The van der Waals surface area contributed by atoms with Gasteiger partial charge in [-0.1, -0.05) is 17.7 Å². The van der Waals surface area contributed by atoms with Crippen LogP contribution in [-0.4, -0.2) is 30.3 Å². The van der Waals surface area contributed by atoms with E-state index in [1.807, 2.05) is 0 Å². The number of benzene rings is 1. The molecule has 1 atom stereocenters. The molecule has 0 aliphatic heterocycles. The number of hydrogen-bond donors (Lipinski definition) is 1. The van der Waals surface area contributed by atoms with Crippen molar-refractivity contribution in [1.29, 1.82) is 0 Å². The van der Waals surface area contributed by atoms with Gasteiger partial charge in [0, 0.05) is 4.47 Å². The van der Waals surface area contributed by atoms with Crippen molar-refractivity contribution >= 4 is 39.5 Å². The predicted octanol–water partition coefficient (Wildman–Crippen LogP) is 2.88. The van der Waals surface area contributed by atoms with Gasteiger partial charge in [0.15, 0.2) is 5.92 Å². The minimum Gasteiger partial charge on any atom is -0.465 e. The first-order valence-corrected chi connectivity index (χ1v) is 7.55. The highest BCUT2D eigenvalue weighted by atomic mass is 79.9. The van der Waals surface area contributed by atoms with Crippen LogP contribution in [0.5, 0.6) is 0 Å². The lowest BCUT2D eigenvalue weighted by atomic mass is 9.96. The second kappa shape index (κ2) is 8.36. The van der Waals surface area contributed by atoms with Gasteiger partial charge in [0.25, 0.3) is 0 Å². The topological polar surface area (TPSA) is 72.8 Å². The van der Waals surface area contributed by atoms with Crippen LogP contribution >= 0.6 is 27.5 Å². The Morgan fingerprint density at radius 2 is 1.76 bits per heavy atom. The predicted molar refractivity (Wildman–Crippen MR) is 80.9 cm³/mol. The molecule has 0 aromatic heterocycles. The van der Waals surface area contributed by atoms with E-state index >= 15 is 0 Å². The molecule has 0 bridgehead atoms. The lowest BCUT2D eigenvalue weighted by Crippen LogP contribution is -2.33. The van der Waals surface area contributed by atoms with Gasteiger partial charge in [0.2, 0.25) is 0 Å². The molecule has 0 saturated carbocycles. The van der Waals surface area contributed by atoms with Crippen molar-refractivity contribution in [2.24, 2.45) is 5.92 Å². The van der Waals surface area contributed by atoms with E-state index in [1.54, 1.807) is 26.0 Å². The number of halogens is 2. The van der Waals surface area contributed by atoms with Crippen LogP contribution in [0.3, 0.4) is 0 Å². The number of carbonyl (C=O) groups excluding carboxylic acids is 2. The molecule has 21 heavy (non-hydrogen) atoms. The molecule has 0 saturated heterocycles. The number of hydrogen-bond acceptors (Lipinski definition) is 5. The number of carbonyl (C=O) groups is 2. The summed E-state index contributed by atoms with van der Waals surface area (Å²) < 4.78 is 10.3. The molecule has 1 aromatic rings. The first-order chi connectivity index (χ1) is 9.92. The minimum absolute atomic E-state index is 0.0998. The summed E-state index contributed by atoms with van der Waals surface area (Å²) in [4.78, 5) is 23.8. The Hall–Kier alpha value is -1.11. The number of aliphatic hydroxyl groups is 1. The van der Waals surface area contributed by atoms with Gasteiger partial charge in [0.05, 0.1) is 18.2 Å². The van der Waals surface area contributed by atoms with E-state index in [2.05, 4.69) is 15.9 Å². The maximum absolute atomic E-state index is 11.9. The van der Waals surface area contributed by atoms with Gasteiger partial charge < -0.3 is 14.6 Å². The van der Waals surface area contributed by atoms with Crippen molar-refractivity contribution in [3.63, 3.8) is 0 Å². The standard InChI is InChI=1S/C14H16BrClO5/c1-3-20-13(18)11(14(19)21-4-2)12(17)8-5-6-9(15)10(16)7-8/h5-7,11-12,17H,3-4H2,1-2H3. The molecule has 0 aliphatic rings. The van der Waals surface area contributed by atoms with Crippen LogP contribution in [-0.2, 0) is 19.1 Å². The van der Waals surface area contributed by atoms with Crippen LogP contribution < -0.4 is 0 Å². The highest BCUT2D eigenvalue weighted by molar-refractivity contribution is 9.10. The van der Waals surface area contributed by atoms with Gasteiger partial charge in [-0.3, -0.25) is 9.59 Å². The first-order valence-electron chi connectivity index (χ1n) is 6.38. The fourth-order valence-electron chi connectivity index (χ4n) is 1.71. The summed E-state index contributed by atoms with van der Waals surface area (Å²) in [7, 11) is 0. The largest absolute Gasteiger partial charge is 0.465 e. The summed E-state index contributed by atoms with van der Waals surface area (Å²) in [6.07, 6.45) is -1.39. The maximum atomic E-state index is 11.9. The summed E-state index contributed by atoms with van der Waals surface area (Å²) in [5.74, 6) is -3.10. The van der Waals surface area contributed by atoms with Gasteiger partial charge in [-0.2, -0.15) is 0 Å². The van der Waals surface area contributed by atoms with E-state index in [0.717, 1.165) is 0 Å². The molecule has 0 radical (unpaired) electrons. The second-order valence-electron chi connectivity index (χ2n) is 4.10. The zero-order valence-electron chi connectivity index (χ0n) is 11.6. The molecule has 0 fully saturated rings. The molecule has 1 rings (SSSR count). The fraction of sp³-hybridized carbons (Fsp3) is 0.429. The normalized spacial score (nSPS) is 12.1. The van der Waals surface area contributed by atoms with Gasteiger partial charge in [-0.15, -0.1) is 0 Å². The Labute approximate surface area is 136 Å². The van der Waals surface area contributed by atoms with Crippen LogP contribution in [0.1, 0.15) is 25.5 Å². The van der Waals surface area contributed by atoms with E-state index in [4.69, 9.17) is 21.1 Å². The SMILES string of the molecule is CCOC(=O)C(C(=O)OCC)C(O)c1ccc(Br)c(Cl)c1. The lowest BCUT2D eigenvalue weighted by molar-refractivity contribution is -0.167. The van der Waals surface area contributed by atoms with Crippen LogP contribution in [0.2, 0.25) is 5.02 Å². The quantitative estimate of drug-likeness (QED) is 0.608. The van der Waals surface area contributed by atoms with E-state index in [0.29, 0.717) is 15.1 Å². The number of esters is 2. The van der Waals surface area contributed by atoms with Crippen molar-refractivity contribution in [1.82, 2.24) is 0 Å². The molecule has 5 nitrogen and oxygen atoms in total. The molecule has 0 heterocycles. The third kappa shape index (κ3) is 4.69. The summed E-state index contributed by atoms with van der Waals surface area (Å²) in [5.41, 5.74) is 0.328. The highest BCUT2D eigenvalue weighted by Gasteiger charge is 2.37. The Morgan fingerprint density at radius 1 is 1.24 bits per heavy atom. The second-order valence-corrected chi connectivity index (χ2v) is 5.36. The van der Waals surface area contributed by atoms with Crippen molar-refractivity contribution < 1.29 is 24.2 Å². The van der Waals surface area contributed by atoms with Crippen LogP contribution in [0.15, 0.2) is 22.7 Å². The van der Waals surface area contributed by atoms with Crippen molar-refractivity contribution in [2.45, 2.75) is 20.0 Å². The number of ether oxygens (including phenoxy) is 2. The Bertz CT molecular complexity index is 502. The maximum Gasteiger partial charge on any atom is 0.323 e. The number of rotatable bonds is 6. The third-order valence-electron chi connectivity index (χ3n) is 2.68. The smallest absolute Gasteiger partial charge is 0.323 e. The summed E-state index contributed by atoms with van der Waals surface area (Å²) in [5, 5.41) is 10.7. The molecular formula is C14H16BrClO5. The van der Waals surface area contributed by atoms with Gasteiger partial charge in [-0.05, 0) is 47.5 Å². The van der Waals surface area contributed by atoms with E-state index < -0.39 is 24.0 Å². The average Bonchev–Trinajstić information content (AvgIpc) is 2.42. The molecule has 7 heteroatoms. The van der Waals surface area contributed by atoms with Crippen LogP contribution in [0, 0.1) is 5.92 Å². The lowest BCUT2D eigenvalue weighted by Gasteiger charge is -2.20. The van der Waals surface area contributed by atoms with Crippen LogP contribution in [0.25, 0.3) is 0 Å². The van der Waals surface area contributed by atoms with Crippen molar-refractivity contribution in [3.05, 3.63) is 33.3 Å². The Morgan fingerprint density at radius 3 is 2.19 bits per heavy atom. The van der Waals surface area contributed by atoms with Gasteiger partial charge in [0.1, 0.15) is 6.10 Å². The van der Waals surface area contributed by atoms with Gasteiger partial charge >= 0.3 is 11.9 Å². The molecule has 0 spiro atoms. The first kappa shape index (κ1) is 17.9. The summed E-state index contributed by atoms with van der Waals surface area (Å²) in [6, 6.07) is 4.65. The Kier molecular flexibility index (Phi) is 7.14. The zero-order chi connectivity index (χ0) is 16.0. The Balaban J connectivity index is 3.08. The number of aliphatic hydroxyl groups excluding tert-OH is 1. The fourth-order valence-corrected chi connectivity index (χ4v) is 2.14. The van der Waals surface area contributed by atoms with Gasteiger partial charge in [-0.25, -0.2) is 0 Å². The molecule has 1 aromatic carbocycles. The third-order valence-corrected chi connectivity index (χ3v) is 3.91. The highest BCUT2D eigenvalue weighted by Crippen LogP contribution is 2.30. The van der Waals surface area contributed by atoms with Crippen LogP contribution in [0.4, 0.5) is 0 Å². The van der Waals surface area contributed by atoms with E-state index in [-0.39, 0.29) is 13.2 Å². The molecule has 1 N–H and O–H groups in total. The van der Waals surface area contributed by atoms with E-state index in [1.165, 1.54) is 6.07 Å². The summed E-state index contributed by atoms with van der Waals surface area (Å²) >= 11 is 9.18. The van der Waals surface area contributed by atoms with E-state index in [9.17, 15) is 14.7 Å². The zero-order valence-corrected chi connectivity index (χ0v) is 14.0. The molecular weight excluding hydrogens is 364 g/mol. The summed E-state index contributed by atoms with van der Waals surface area (Å²) in [6.45, 7) is 3.43. The van der Waals surface area contributed by atoms with Crippen molar-refractivity contribution in [2.75, 3.05) is 13.2 Å². The molecule has 0 amide bonds. The van der Waals surface area contributed by atoms with Crippen molar-refractivity contribution in [3.8, 4) is 0 Å². The minimum atomic E-state index is -1.44. The average molecular weight is 380 g/mol. The molecule has 0 aliphatic carbocycles. The molecule has 1 unspecified atom stereocenters. The monoisotopic (exact) mass is 378 g/mol. The molecule has 116 valence electrons.